The number of fused-ring (bicyclic) bond motifs is 1. The van der Waals surface area contributed by atoms with Crippen LogP contribution >= 0.6 is 0 Å². The summed E-state index contributed by atoms with van der Waals surface area (Å²) < 4.78 is 69.4. The number of piperazine rings is 1. The number of hydrogen-bond donors (Lipinski definition) is 0. The van der Waals surface area contributed by atoms with Gasteiger partial charge in [0.2, 0.25) is 9.84 Å². The molecule has 46 heavy (non-hydrogen) atoms. The van der Waals surface area contributed by atoms with Crippen molar-refractivity contribution in [2.24, 2.45) is 0 Å². The van der Waals surface area contributed by atoms with Crippen LogP contribution in [0.1, 0.15) is 39.5 Å². The predicted octanol–water partition coefficient (Wildman–Crippen LogP) is 4.82. The van der Waals surface area contributed by atoms with Crippen molar-refractivity contribution in [3.8, 4) is 11.5 Å². The molecule has 0 bridgehead atoms. The van der Waals surface area contributed by atoms with E-state index >= 15 is 8.78 Å². The number of piperidine rings is 2. The Labute approximate surface area is 271 Å². The van der Waals surface area contributed by atoms with Gasteiger partial charge in [-0.3, -0.25) is 14.8 Å². The van der Waals surface area contributed by atoms with Crippen LogP contribution in [0.15, 0.2) is 46.3 Å². The first-order valence-corrected chi connectivity index (χ1v) is 18.0. The van der Waals surface area contributed by atoms with Crippen LogP contribution < -0.4 is 14.4 Å². The molecule has 3 fully saturated rings. The minimum absolute atomic E-state index is 0.0668. The maximum atomic E-state index is 15.3. The van der Waals surface area contributed by atoms with Gasteiger partial charge in [0.15, 0.2) is 0 Å². The summed E-state index contributed by atoms with van der Waals surface area (Å²) in [7, 11) is -3.11. The molecule has 1 aromatic heterocycles. The topological polar surface area (TPSA) is 78.4 Å². The number of halogens is 2. The summed E-state index contributed by atoms with van der Waals surface area (Å²) in [6, 6.07) is 8.17. The van der Waals surface area contributed by atoms with E-state index in [0.29, 0.717) is 47.5 Å². The van der Waals surface area contributed by atoms with Crippen LogP contribution in [0, 0.1) is 11.6 Å². The Kier molecular flexibility index (Phi) is 9.98. The van der Waals surface area contributed by atoms with Gasteiger partial charge in [0, 0.05) is 75.1 Å². The quantitative estimate of drug-likeness (QED) is 0.322. The number of nitrogens with zero attached hydrogens (tertiary/aromatic N) is 5. The van der Waals surface area contributed by atoms with Crippen LogP contribution in [0.3, 0.4) is 0 Å². The lowest BCUT2D eigenvalue weighted by atomic mass is 9.99. The highest BCUT2D eigenvalue weighted by Crippen LogP contribution is 2.40. The summed E-state index contributed by atoms with van der Waals surface area (Å²) in [5.41, 5.74) is 0.976. The van der Waals surface area contributed by atoms with Crippen LogP contribution in [-0.4, -0.2) is 113 Å². The Hall–Kier alpha value is -3.06. The van der Waals surface area contributed by atoms with Gasteiger partial charge in [0.25, 0.3) is 0 Å². The number of sulfone groups is 1. The first-order valence-electron chi connectivity index (χ1n) is 16.5. The van der Waals surface area contributed by atoms with E-state index in [1.807, 2.05) is 4.90 Å². The summed E-state index contributed by atoms with van der Waals surface area (Å²) in [6.07, 6.45) is 5.42. The average Bonchev–Trinajstić information content (AvgIpc) is 3.07. The van der Waals surface area contributed by atoms with Gasteiger partial charge in [-0.2, -0.15) is 0 Å². The number of pyridine rings is 1. The van der Waals surface area contributed by atoms with Crippen molar-refractivity contribution < 1.29 is 26.7 Å². The molecular weight excluding hydrogens is 612 g/mol. The van der Waals surface area contributed by atoms with Crippen molar-refractivity contribution >= 4 is 26.4 Å². The molecule has 3 aliphatic rings. The lowest BCUT2D eigenvalue weighted by Crippen LogP contribution is -2.56. The first-order chi connectivity index (χ1) is 22.2. The smallest absolute Gasteiger partial charge is 0.216 e. The molecule has 4 heterocycles. The standard InChI is InChI=1S/C34H45F2N5O4S/c1-4-38-12-8-24(9-13-38)39-16-18-40(19-17-39)25-10-14-41(15-11-25)33-28-20-26(44-3)6-7-31(28)37-23-32(33)46(42,43)34-29(35)21-27(45-5-2)22-30(34)36/h6-7,20-25H,4-5,8-19H2,1-3H3. The number of rotatable bonds is 9. The monoisotopic (exact) mass is 657 g/mol. The third-order valence-corrected chi connectivity index (χ3v) is 11.8. The van der Waals surface area contributed by atoms with Crippen molar-refractivity contribution in [1.29, 1.82) is 0 Å². The Balaban J connectivity index is 1.24. The second-order valence-electron chi connectivity index (χ2n) is 12.5. The highest BCUT2D eigenvalue weighted by Gasteiger charge is 2.35. The highest BCUT2D eigenvalue weighted by molar-refractivity contribution is 7.91. The SMILES string of the molecule is CCOc1cc(F)c(S(=O)(=O)c2cnc3ccc(OC)cc3c2N2CCC(N3CCN(C4CCN(CC)CC4)CC3)CC2)c(F)c1. The number of anilines is 1. The number of hydrogen-bond acceptors (Lipinski definition) is 9. The van der Waals surface area contributed by atoms with E-state index in [-0.39, 0.29) is 17.3 Å². The van der Waals surface area contributed by atoms with Gasteiger partial charge in [0.05, 0.1) is 24.9 Å². The Morgan fingerprint density at radius 2 is 1.41 bits per heavy atom. The minimum Gasteiger partial charge on any atom is -0.497 e. The van der Waals surface area contributed by atoms with Gasteiger partial charge in [-0.05, 0) is 70.4 Å². The number of benzene rings is 2. The summed E-state index contributed by atoms with van der Waals surface area (Å²) in [4.78, 5) is 13.0. The molecule has 0 spiro atoms. The van der Waals surface area contributed by atoms with Crippen molar-refractivity contribution in [2.75, 3.05) is 77.5 Å². The summed E-state index contributed by atoms with van der Waals surface area (Å²) >= 11 is 0. The highest BCUT2D eigenvalue weighted by atomic mass is 32.2. The zero-order valence-corrected chi connectivity index (χ0v) is 27.9. The molecule has 2 aromatic carbocycles. The normalized spacial score (nSPS) is 20.0. The molecule has 3 aromatic rings. The van der Waals surface area contributed by atoms with E-state index in [9.17, 15) is 8.42 Å². The van der Waals surface area contributed by atoms with Gasteiger partial charge < -0.3 is 19.3 Å². The molecular formula is C34H45F2N5O4S. The molecule has 0 saturated carbocycles. The molecule has 9 nitrogen and oxygen atoms in total. The number of ether oxygens (including phenoxy) is 2. The number of likely N-dealkylation sites (tertiary alicyclic amines) is 1. The first kappa shape index (κ1) is 32.9. The molecule has 250 valence electrons. The summed E-state index contributed by atoms with van der Waals surface area (Å²) in [5.74, 6) is -1.93. The minimum atomic E-state index is -4.65. The molecule has 0 aliphatic carbocycles. The van der Waals surface area contributed by atoms with E-state index in [0.717, 1.165) is 57.7 Å². The molecule has 6 rings (SSSR count). The van der Waals surface area contributed by atoms with Crippen LogP contribution in [0.2, 0.25) is 0 Å². The molecule has 0 N–H and O–H groups in total. The summed E-state index contributed by atoms with van der Waals surface area (Å²) in [6.45, 7) is 13.0. The van der Waals surface area contributed by atoms with Crippen LogP contribution in [-0.2, 0) is 9.84 Å². The molecule has 12 heteroatoms. The lowest BCUT2D eigenvalue weighted by Gasteiger charge is -2.46. The van der Waals surface area contributed by atoms with Crippen LogP contribution in [0.5, 0.6) is 11.5 Å². The van der Waals surface area contributed by atoms with Gasteiger partial charge in [0.1, 0.15) is 32.9 Å². The fourth-order valence-corrected chi connectivity index (χ4v) is 9.00. The Bertz CT molecular complexity index is 1610. The van der Waals surface area contributed by atoms with Gasteiger partial charge in [-0.15, -0.1) is 0 Å². The van der Waals surface area contributed by atoms with Crippen LogP contribution in [0.4, 0.5) is 14.5 Å². The maximum Gasteiger partial charge on any atom is 0.216 e. The Morgan fingerprint density at radius 3 is 1.96 bits per heavy atom. The van der Waals surface area contributed by atoms with E-state index in [4.69, 9.17) is 9.47 Å². The molecule has 0 atom stereocenters. The number of aromatic nitrogens is 1. The van der Waals surface area contributed by atoms with E-state index in [1.54, 1.807) is 32.2 Å². The Morgan fingerprint density at radius 1 is 0.826 bits per heavy atom. The van der Waals surface area contributed by atoms with Crippen molar-refractivity contribution in [1.82, 2.24) is 19.7 Å². The second-order valence-corrected chi connectivity index (χ2v) is 14.3. The largest absolute Gasteiger partial charge is 0.497 e. The van der Waals surface area contributed by atoms with Gasteiger partial charge in [-0.25, -0.2) is 17.2 Å². The van der Waals surface area contributed by atoms with Crippen molar-refractivity contribution in [2.45, 2.75) is 61.4 Å². The second kappa shape index (κ2) is 14.0. The van der Waals surface area contributed by atoms with Gasteiger partial charge in [-0.1, -0.05) is 6.92 Å². The van der Waals surface area contributed by atoms with E-state index < -0.39 is 26.4 Å². The molecule has 3 aliphatic heterocycles. The molecule has 0 unspecified atom stereocenters. The average molecular weight is 658 g/mol. The predicted molar refractivity (Wildman–Crippen MR) is 175 cm³/mol. The zero-order valence-electron chi connectivity index (χ0n) is 27.1. The number of methoxy groups -OCH3 is 1. The molecule has 0 radical (unpaired) electrons. The van der Waals surface area contributed by atoms with Crippen molar-refractivity contribution in [3.05, 3.63) is 48.2 Å². The van der Waals surface area contributed by atoms with Gasteiger partial charge >= 0.3 is 0 Å². The third-order valence-electron chi connectivity index (χ3n) is 10.0. The van der Waals surface area contributed by atoms with E-state index in [2.05, 4.69) is 26.6 Å². The molecule has 3 saturated heterocycles. The van der Waals surface area contributed by atoms with Crippen molar-refractivity contribution in [3.63, 3.8) is 0 Å². The van der Waals surface area contributed by atoms with Crippen LogP contribution in [0.25, 0.3) is 10.9 Å². The fourth-order valence-electron chi connectivity index (χ4n) is 7.47. The zero-order chi connectivity index (χ0) is 32.4. The lowest BCUT2D eigenvalue weighted by molar-refractivity contribution is 0.0384. The fraction of sp³-hybridized carbons (Fsp3) is 0.559. The maximum absolute atomic E-state index is 15.3. The molecule has 0 amide bonds. The third kappa shape index (κ3) is 6.54. The van der Waals surface area contributed by atoms with E-state index in [1.165, 1.54) is 32.1 Å². The summed E-state index contributed by atoms with van der Waals surface area (Å²) in [5, 5.41) is 0.563.